The van der Waals surface area contributed by atoms with Crippen LogP contribution in [0.5, 0.6) is 0 Å². The minimum atomic E-state index is -0.395. The van der Waals surface area contributed by atoms with E-state index < -0.39 is 5.41 Å². The molecular formula is C53H46N2. The molecule has 0 N–H and O–H groups in total. The first-order valence-electron chi connectivity index (χ1n) is 19.3. The van der Waals surface area contributed by atoms with Gasteiger partial charge in [-0.15, -0.1) is 0 Å². The van der Waals surface area contributed by atoms with Gasteiger partial charge < -0.3 is 4.90 Å². The Balaban J connectivity index is 0.000000337. The summed E-state index contributed by atoms with van der Waals surface area (Å²) in [7, 11) is 0. The van der Waals surface area contributed by atoms with Crippen molar-refractivity contribution in [1.29, 1.82) is 0 Å². The Kier molecular flexibility index (Phi) is 10.2. The van der Waals surface area contributed by atoms with E-state index in [0.29, 0.717) is 0 Å². The Morgan fingerprint density at radius 1 is 0.564 bits per heavy atom. The lowest BCUT2D eigenvalue weighted by Crippen LogP contribution is -2.28. The summed E-state index contributed by atoms with van der Waals surface area (Å²) in [4.78, 5) is 6.16. The zero-order valence-electron chi connectivity index (χ0n) is 31.5. The van der Waals surface area contributed by atoms with Crippen molar-refractivity contribution in [2.75, 3.05) is 4.90 Å². The third-order valence-corrected chi connectivity index (χ3v) is 11.1. The second-order valence-corrected chi connectivity index (χ2v) is 14.4. The molecule has 268 valence electrons. The first-order chi connectivity index (χ1) is 27.1. The van der Waals surface area contributed by atoms with Crippen molar-refractivity contribution in [1.82, 2.24) is 0 Å². The van der Waals surface area contributed by atoms with Gasteiger partial charge in [0.2, 0.25) is 0 Å². The average molecular weight is 711 g/mol. The summed E-state index contributed by atoms with van der Waals surface area (Å²) >= 11 is 0. The van der Waals surface area contributed by atoms with Gasteiger partial charge in [0, 0.05) is 17.1 Å². The minimum absolute atomic E-state index is 0.395. The lowest BCUT2D eigenvalue weighted by atomic mass is 9.68. The first-order valence-corrected chi connectivity index (χ1v) is 19.3. The van der Waals surface area contributed by atoms with Gasteiger partial charge in [0.05, 0.1) is 11.1 Å². The molecule has 0 saturated carbocycles. The zero-order valence-corrected chi connectivity index (χ0v) is 31.5. The fourth-order valence-electron chi connectivity index (χ4n) is 8.43. The van der Waals surface area contributed by atoms with Crippen molar-refractivity contribution >= 4 is 29.4 Å². The number of fused-ring (bicyclic) bond motifs is 3. The van der Waals surface area contributed by atoms with Gasteiger partial charge >= 0.3 is 0 Å². The molecule has 3 aliphatic rings. The van der Waals surface area contributed by atoms with Crippen LogP contribution in [0.2, 0.25) is 0 Å². The number of hydrogen-bond donors (Lipinski definition) is 0. The second kappa shape index (κ2) is 15.8. The summed E-state index contributed by atoms with van der Waals surface area (Å²) in [5.74, 6) is 0. The fraction of sp³-hybridized carbons (Fsp3) is 0.113. The molecule has 0 aromatic heterocycles. The van der Waals surface area contributed by atoms with E-state index >= 15 is 0 Å². The summed E-state index contributed by atoms with van der Waals surface area (Å²) < 4.78 is 0. The number of hydrogen-bond acceptors (Lipinski definition) is 2. The highest BCUT2D eigenvalue weighted by Crippen LogP contribution is 2.56. The first kappa shape index (κ1) is 35.5. The lowest BCUT2D eigenvalue weighted by molar-refractivity contribution is 0.768. The van der Waals surface area contributed by atoms with Gasteiger partial charge in [0.1, 0.15) is 0 Å². The minimum Gasteiger partial charge on any atom is -0.311 e. The highest BCUT2D eigenvalue weighted by molar-refractivity contribution is 5.87. The van der Waals surface area contributed by atoms with E-state index in [2.05, 4.69) is 218 Å². The SMILES string of the molecule is C1=CC(c2ccc(N(c3ccccc3)c3ccc(C4(c5ccccc5)c5ccccc5-c5ccccc54)cc3)cc2)=CCC1.C=NC(=C)C1=C(C)CCC=C1. The van der Waals surface area contributed by atoms with E-state index in [9.17, 15) is 0 Å². The van der Waals surface area contributed by atoms with E-state index in [1.165, 1.54) is 50.1 Å². The molecule has 0 aliphatic heterocycles. The highest BCUT2D eigenvalue weighted by Gasteiger charge is 2.45. The second-order valence-electron chi connectivity index (χ2n) is 14.4. The molecule has 0 radical (unpaired) electrons. The van der Waals surface area contributed by atoms with Crippen LogP contribution in [0.3, 0.4) is 0 Å². The summed E-state index contributed by atoms with van der Waals surface area (Å²) in [6.07, 6.45) is 15.6. The smallest absolute Gasteiger partial charge is 0.0713 e. The monoisotopic (exact) mass is 710 g/mol. The largest absolute Gasteiger partial charge is 0.311 e. The van der Waals surface area contributed by atoms with Crippen LogP contribution in [0.25, 0.3) is 16.7 Å². The summed E-state index contributed by atoms with van der Waals surface area (Å²) in [5.41, 5.74) is 16.7. The number of allylic oxidation sites excluding steroid dienone is 7. The molecule has 2 heteroatoms. The Morgan fingerprint density at radius 3 is 1.67 bits per heavy atom. The fourth-order valence-corrected chi connectivity index (χ4v) is 8.43. The van der Waals surface area contributed by atoms with Crippen molar-refractivity contribution in [2.45, 2.75) is 38.0 Å². The lowest BCUT2D eigenvalue weighted by Gasteiger charge is -2.34. The molecule has 0 unspecified atom stereocenters. The molecule has 0 fully saturated rings. The maximum absolute atomic E-state index is 3.81. The van der Waals surface area contributed by atoms with Gasteiger partial charge in [-0.3, -0.25) is 4.99 Å². The number of para-hydroxylation sites is 1. The van der Waals surface area contributed by atoms with Gasteiger partial charge in [-0.05, 0) is 126 Å². The van der Waals surface area contributed by atoms with Crippen LogP contribution in [-0.2, 0) is 5.41 Å². The molecule has 0 atom stereocenters. The number of anilines is 3. The molecule has 6 aromatic carbocycles. The zero-order chi connectivity index (χ0) is 37.6. The third-order valence-electron chi connectivity index (χ3n) is 11.1. The molecule has 0 heterocycles. The van der Waals surface area contributed by atoms with Crippen LogP contribution in [0, 0.1) is 0 Å². The van der Waals surface area contributed by atoms with Crippen molar-refractivity contribution in [3.63, 3.8) is 0 Å². The molecule has 0 spiro atoms. The Labute approximate surface area is 326 Å². The molecule has 0 bridgehead atoms. The quantitative estimate of drug-likeness (QED) is 0.143. The van der Waals surface area contributed by atoms with Crippen molar-refractivity contribution in [2.24, 2.45) is 4.99 Å². The molecule has 0 saturated heterocycles. The molecule has 2 nitrogen and oxygen atoms in total. The number of nitrogens with zero attached hydrogens (tertiary/aromatic N) is 2. The number of aliphatic imine (C=N–C) groups is 1. The normalized spacial score (nSPS) is 14.9. The molecule has 9 rings (SSSR count). The van der Waals surface area contributed by atoms with Crippen LogP contribution in [-0.4, -0.2) is 6.72 Å². The van der Waals surface area contributed by atoms with Gasteiger partial charge in [-0.25, -0.2) is 0 Å². The Morgan fingerprint density at radius 2 is 1.09 bits per heavy atom. The van der Waals surface area contributed by atoms with Gasteiger partial charge in [0.25, 0.3) is 0 Å². The summed E-state index contributed by atoms with van der Waals surface area (Å²) in [6.45, 7) is 9.38. The van der Waals surface area contributed by atoms with Crippen molar-refractivity contribution in [3.05, 3.63) is 239 Å². The van der Waals surface area contributed by atoms with Crippen LogP contribution >= 0.6 is 0 Å². The average Bonchev–Trinajstić information content (AvgIpc) is 3.56. The van der Waals surface area contributed by atoms with Crippen LogP contribution in [0.1, 0.15) is 60.4 Å². The van der Waals surface area contributed by atoms with E-state index in [1.807, 2.05) is 0 Å². The molecular weight excluding hydrogens is 665 g/mol. The molecule has 55 heavy (non-hydrogen) atoms. The van der Waals surface area contributed by atoms with Crippen LogP contribution in [0.15, 0.2) is 217 Å². The van der Waals surface area contributed by atoms with Crippen molar-refractivity contribution < 1.29 is 0 Å². The topological polar surface area (TPSA) is 15.6 Å². The maximum Gasteiger partial charge on any atom is 0.0713 e. The molecule has 3 aliphatic carbocycles. The number of rotatable bonds is 8. The van der Waals surface area contributed by atoms with Crippen LogP contribution in [0.4, 0.5) is 17.1 Å². The van der Waals surface area contributed by atoms with Gasteiger partial charge in [-0.2, -0.15) is 0 Å². The standard InChI is InChI=1S/C43H33N.C10H13N/c1-4-14-32(15-5-1)33-24-28-37(29-25-33)44(36-18-8-3-9-19-36)38-30-26-35(27-31-38)43(34-16-6-2-7-17-34)41-22-12-10-20-39(41)40-21-11-13-23-42(40)43;1-8-6-4-5-7-10(8)9(2)11-3/h2-4,6-31H,1,5H2;5,7H,2-4,6H2,1H3. The van der Waals surface area contributed by atoms with E-state index in [0.717, 1.165) is 54.0 Å². The predicted octanol–water partition coefficient (Wildman–Crippen LogP) is 14.1. The Bertz CT molecular complexity index is 2400. The predicted molar refractivity (Wildman–Crippen MR) is 235 cm³/mol. The highest BCUT2D eigenvalue weighted by atomic mass is 15.1. The van der Waals surface area contributed by atoms with Gasteiger partial charge in [0.15, 0.2) is 0 Å². The number of benzene rings is 6. The van der Waals surface area contributed by atoms with Crippen LogP contribution < -0.4 is 4.90 Å². The molecule has 6 aromatic rings. The van der Waals surface area contributed by atoms with E-state index in [-0.39, 0.29) is 0 Å². The van der Waals surface area contributed by atoms with Crippen molar-refractivity contribution in [3.8, 4) is 11.1 Å². The van der Waals surface area contributed by atoms with E-state index in [4.69, 9.17) is 0 Å². The third kappa shape index (κ3) is 6.77. The van der Waals surface area contributed by atoms with Gasteiger partial charge in [-0.1, -0.05) is 164 Å². The van der Waals surface area contributed by atoms with E-state index in [1.54, 1.807) is 0 Å². The Hall–Kier alpha value is -6.51. The summed E-state index contributed by atoms with van der Waals surface area (Å²) in [5, 5.41) is 0. The molecule has 0 amide bonds. The summed E-state index contributed by atoms with van der Waals surface area (Å²) in [6, 6.07) is 57.7. The maximum atomic E-state index is 3.81.